The van der Waals surface area contributed by atoms with Crippen LogP contribution in [0, 0.1) is 12.9 Å². The number of hydrogen-bond donors (Lipinski definition) is 1. The van der Waals surface area contributed by atoms with Gasteiger partial charge in [-0.1, -0.05) is 0 Å². The number of nitrogens with zero attached hydrogens (tertiary/aromatic N) is 5. The van der Waals surface area contributed by atoms with Gasteiger partial charge < -0.3 is 0 Å². The second-order valence-electron chi connectivity index (χ2n) is 3.99. The van der Waals surface area contributed by atoms with Gasteiger partial charge >= 0.3 is 0 Å². The fraction of sp³-hybridized carbons (Fsp3) is 0.273. The molecule has 100 valence electrons. The molecule has 0 aliphatic heterocycles. The topological polar surface area (TPSA) is 77.1 Å². The van der Waals surface area contributed by atoms with Crippen LogP contribution in [0.3, 0.4) is 0 Å². The molecule has 0 saturated heterocycles. The maximum absolute atomic E-state index is 13.6. The quantitative estimate of drug-likeness (QED) is 0.642. The molecule has 0 aromatic carbocycles. The largest absolute Gasteiger partial charge is 0.291 e. The minimum absolute atomic E-state index is 0.239. The summed E-state index contributed by atoms with van der Waals surface area (Å²) in [5, 5.41) is 11.5. The number of carbonyl (C=O) groups is 1. The van der Waals surface area contributed by atoms with Crippen LogP contribution in [0.1, 0.15) is 21.7 Å². The van der Waals surface area contributed by atoms with Crippen molar-refractivity contribution in [3.8, 4) is 0 Å². The molecule has 0 saturated carbocycles. The van der Waals surface area contributed by atoms with Crippen molar-refractivity contribution in [2.24, 2.45) is 19.2 Å². The van der Waals surface area contributed by atoms with Crippen LogP contribution in [0.4, 0.5) is 4.39 Å². The second kappa shape index (κ2) is 5.01. The summed E-state index contributed by atoms with van der Waals surface area (Å²) in [5.41, 5.74) is 3.25. The fourth-order valence-electron chi connectivity index (χ4n) is 1.54. The highest BCUT2D eigenvalue weighted by atomic mass is 19.1. The predicted molar refractivity (Wildman–Crippen MR) is 66.2 cm³/mol. The number of nitrogens with one attached hydrogen (secondary N) is 1. The summed E-state index contributed by atoms with van der Waals surface area (Å²) >= 11 is 0. The Bertz CT molecular complexity index is 642. The van der Waals surface area contributed by atoms with Crippen molar-refractivity contribution >= 4 is 12.1 Å². The van der Waals surface area contributed by atoms with E-state index in [1.807, 2.05) is 0 Å². The predicted octanol–water partition coefficient (Wildman–Crippen LogP) is 0.365. The van der Waals surface area contributed by atoms with E-state index in [2.05, 4.69) is 20.7 Å². The first-order chi connectivity index (χ1) is 8.99. The molecule has 0 unspecified atom stereocenters. The lowest BCUT2D eigenvalue weighted by atomic mass is 10.3. The normalized spacial score (nSPS) is 11.2. The van der Waals surface area contributed by atoms with E-state index in [0.717, 1.165) is 4.68 Å². The number of hydrogen-bond acceptors (Lipinski definition) is 4. The molecule has 0 aliphatic carbocycles. The third-order valence-corrected chi connectivity index (χ3v) is 2.50. The van der Waals surface area contributed by atoms with E-state index >= 15 is 0 Å². The first kappa shape index (κ1) is 12.9. The molecule has 1 amide bonds. The SMILES string of the molecule is Cc1nn(C)c(F)c1/C=N\NC(=O)c1ccn(C)n1. The molecule has 0 fully saturated rings. The van der Waals surface area contributed by atoms with E-state index in [0.29, 0.717) is 5.69 Å². The Morgan fingerprint density at radius 2 is 2.21 bits per heavy atom. The summed E-state index contributed by atoms with van der Waals surface area (Å²) in [6.07, 6.45) is 2.86. The number of halogens is 1. The van der Waals surface area contributed by atoms with Crippen molar-refractivity contribution in [2.45, 2.75) is 6.92 Å². The van der Waals surface area contributed by atoms with Gasteiger partial charge in [0.25, 0.3) is 5.91 Å². The lowest BCUT2D eigenvalue weighted by Crippen LogP contribution is -2.18. The van der Waals surface area contributed by atoms with Crippen LogP contribution in [-0.4, -0.2) is 31.7 Å². The van der Waals surface area contributed by atoms with E-state index in [-0.39, 0.29) is 11.3 Å². The Balaban J connectivity index is 2.06. The molecule has 0 bridgehead atoms. The van der Waals surface area contributed by atoms with Crippen LogP contribution in [0.15, 0.2) is 17.4 Å². The molecule has 8 heteroatoms. The van der Waals surface area contributed by atoms with Crippen molar-refractivity contribution in [2.75, 3.05) is 0 Å². The molecule has 2 aromatic heterocycles. The highest BCUT2D eigenvalue weighted by Gasteiger charge is 2.11. The van der Waals surface area contributed by atoms with Gasteiger partial charge in [0.15, 0.2) is 5.69 Å². The highest BCUT2D eigenvalue weighted by Crippen LogP contribution is 2.07. The van der Waals surface area contributed by atoms with Gasteiger partial charge in [-0.3, -0.25) is 9.48 Å². The molecule has 7 nitrogen and oxygen atoms in total. The molecule has 1 N–H and O–H groups in total. The van der Waals surface area contributed by atoms with E-state index < -0.39 is 11.9 Å². The lowest BCUT2D eigenvalue weighted by Gasteiger charge is -1.95. The second-order valence-corrected chi connectivity index (χ2v) is 3.99. The first-order valence-electron chi connectivity index (χ1n) is 5.51. The summed E-state index contributed by atoms with van der Waals surface area (Å²) in [6.45, 7) is 1.66. The average molecular weight is 264 g/mol. The zero-order valence-electron chi connectivity index (χ0n) is 10.8. The number of carbonyl (C=O) groups excluding carboxylic acids is 1. The van der Waals surface area contributed by atoms with Gasteiger partial charge in [-0.2, -0.15) is 19.7 Å². The summed E-state index contributed by atoms with van der Waals surface area (Å²) < 4.78 is 16.2. The zero-order chi connectivity index (χ0) is 14.0. The van der Waals surface area contributed by atoms with Crippen LogP contribution in [0.2, 0.25) is 0 Å². The Labute approximate surface area is 108 Å². The first-order valence-corrected chi connectivity index (χ1v) is 5.51. The van der Waals surface area contributed by atoms with Gasteiger partial charge in [-0.25, -0.2) is 10.1 Å². The molecule has 19 heavy (non-hydrogen) atoms. The molecule has 2 heterocycles. The van der Waals surface area contributed by atoms with Crippen LogP contribution < -0.4 is 5.43 Å². The van der Waals surface area contributed by atoms with Crippen LogP contribution in [-0.2, 0) is 14.1 Å². The van der Waals surface area contributed by atoms with E-state index in [9.17, 15) is 9.18 Å². The maximum Gasteiger partial charge on any atom is 0.291 e. The van der Waals surface area contributed by atoms with E-state index in [4.69, 9.17) is 0 Å². The molecular formula is C11H13FN6O. The zero-order valence-corrected chi connectivity index (χ0v) is 10.8. The Morgan fingerprint density at radius 3 is 2.74 bits per heavy atom. The van der Waals surface area contributed by atoms with Crippen molar-refractivity contribution in [1.82, 2.24) is 25.0 Å². The van der Waals surface area contributed by atoms with Gasteiger partial charge in [-0.05, 0) is 13.0 Å². The third-order valence-electron chi connectivity index (χ3n) is 2.50. The Morgan fingerprint density at radius 1 is 1.47 bits per heavy atom. The molecule has 0 radical (unpaired) electrons. The van der Waals surface area contributed by atoms with Crippen molar-refractivity contribution in [3.63, 3.8) is 0 Å². The number of aromatic nitrogens is 4. The van der Waals surface area contributed by atoms with Crippen molar-refractivity contribution in [1.29, 1.82) is 0 Å². The van der Waals surface area contributed by atoms with Crippen molar-refractivity contribution in [3.05, 3.63) is 35.2 Å². The van der Waals surface area contributed by atoms with Crippen LogP contribution in [0.5, 0.6) is 0 Å². The minimum atomic E-state index is -0.506. The summed E-state index contributed by atoms with van der Waals surface area (Å²) in [7, 11) is 3.20. The van der Waals surface area contributed by atoms with Crippen LogP contribution in [0.25, 0.3) is 0 Å². The number of hydrazone groups is 1. The summed E-state index contributed by atoms with van der Waals surface area (Å²) in [5.74, 6) is -0.966. The number of aryl methyl sites for hydroxylation is 3. The summed E-state index contributed by atoms with van der Waals surface area (Å²) in [4.78, 5) is 11.6. The van der Waals surface area contributed by atoms with Gasteiger partial charge in [0.05, 0.1) is 17.5 Å². The van der Waals surface area contributed by atoms with Gasteiger partial charge in [0.2, 0.25) is 5.95 Å². The molecule has 0 atom stereocenters. The van der Waals surface area contributed by atoms with Gasteiger partial charge in [0, 0.05) is 20.3 Å². The third kappa shape index (κ3) is 2.67. The molecule has 2 aromatic rings. The minimum Gasteiger partial charge on any atom is -0.275 e. The molecule has 2 rings (SSSR count). The number of amides is 1. The standard InChI is InChI=1S/C11H13FN6O/c1-7-8(10(12)18(3)15-7)6-13-14-11(19)9-4-5-17(2)16-9/h4-6H,1-3H3,(H,14,19)/b13-6-. The Kier molecular flexibility index (Phi) is 3.41. The molecule has 0 aliphatic rings. The van der Waals surface area contributed by atoms with E-state index in [1.165, 1.54) is 17.9 Å². The lowest BCUT2D eigenvalue weighted by molar-refractivity contribution is 0.0949. The van der Waals surface area contributed by atoms with Crippen LogP contribution >= 0.6 is 0 Å². The molecule has 0 spiro atoms. The summed E-state index contributed by atoms with van der Waals surface area (Å²) in [6, 6.07) is 1.56. The van der Waals surface area contributed by atoms with Gasteiger partial charge in [0.1, 0.15) is 0 Å². The number of rotatable bonds is 3. The fourth-order valence-corrected chi connectivity index (χ4v) is 1.54. The van der Waals surface area contributed by atoms with Gasteiger partial charge in [-0.15, -0.1) is 0 Å². The Hall–Kier alpha value is -2.51. The van der Waals surface area contributed by atoms with Crippen molar-refractivity contribution < 1.29 is 9.18 Å². The smallest absolute Gasteiger partial charge is 0.275 e. The highest BCUT2D eigenvalue weighted by molar-refractivity contribution is 5.93. The average Bonchev–Trinajstić information content (AvgIpc) is 2.88. The van der Waals surface area contributed by atoms with E-state index in [1.54, 1.807) is 26.2 Å². The maximum atomic E-state index is 13.6. The molecular weight excluding hydrogens is 251 g/mol. The monoisotopic (exact) mass is 264 g/mol.